The minimum absolute atomic E-state index is 0.211. The normalized spacial score (nSPS) is 12.4. The third-order valence-corrected chi connectivity index (χ3v) is 3.90. The molecule has 7 heteroatoms. The van der Waals surface area contributed by atoms with E-state index < -0.39 is 11.7 Å². The van der Waals surface area contributed by atoms with Crippen molar-refractivity contribution in [3.8, 4) is 0 Å². The third-order valence-electron chi connectivity index (χ3n) is 2.98. The lowest BCUT2D eigenvalue weighted by Crippen LogP contribution is -2.05. The van der Waals surface area contributed by atoms with E-state index in [-0.39, 0.29) is 5.69 Å². The fraction of sp³-hybridized carbons (Fsp3) is 0.133. The molecule has 3 nitrogen and oxygen atoms in total. The van der Waals surface area contributed by atoms with Crippen molar-refractivity contribution in [1.29, 1.82) is 0 Å². The Morgan fingerprint density at radius 3 is 2.55 bits per heavy atom. The number of hydrogen-bond acceptors (Lipinski definition) is 4. The molecule has 0 saturated heterocycles. The summed E-state index contributed by atoms with van der Waals surface area (Å²) in [5.41, 5.74) is 0.266. The van der Waals surface area contributed by atoms with E-state index in [1.165, 1.54) is 17.4 Å². The predicted octanol–water partition coefficient (Wildman–Crippen LogP) is 6.04. The molecule has 0 fully saturated rings. The highest BCUT2D eigenvalue weighted by Gasteiger charge is 2.33. The molecule has 0 radical (unpaired) electrons. The number of aryl methyl sites for hydroxylation is 1. The minimum Gasteiger partial charge on any atom is -0.217 e. The van der Waals surface area contributed by atoms with Crippen LogP contribution in [0.2, 0.25) is 0 Å². The van der Waals surface area contributed by atoms with Crippen LogP contribution in [0.15, 0.2) is 52.7 Å². The summed E-state index contributed by atoms with van der Waals surface area (Å²) in [6.45, 7) is 1.60. The number of fused-ring (bicyclic) bond motifs is 1. The van der Waals surface area contributed by atoms with Gasteiger partial charge in [0, 0.05) is 0 Å². The molecule has 3 rings (SSSR count). The molecule has 0 spiro atoms. The predicted molar refractivity (Wildman–Crippen MR) is 80.0 cm³/mol. The molecule has 0 saturated carbocycles. The van der Waals surface area contributed by atoms with E-state index in [1.54, 1.807) is 13.0 Å². The molecule has 112 valence electrons. The number of thiazole rings is 1. The number of nitrogens with zero attached hydrogens (tertiary/aromatic N) is 3. The molecule has 1 aromatic heterocycles. The topological polar surface area (TPSA) is 37.6 Å². The first-order valence-electron chi connectivity index (χ1n) is 6.39. The van der Waals surface area contributed by atoms with Crippen LogP contribution in [0.25, 0.3) is 10.2 Å². The van der Waals surface area contributed by atoms with Crippen molar-refractivity contribution in [3.63, 3.8) is 0 Å². The Morgan fingerprint density at radius 2 is 1.82 bits per heavy atom. The summed E-state index contributed by atoms with van der Waals surface area (Å²) in [6, 6.07) is 11.3. The van der Waals surface area contributed by atoms with Gasteiger partial charge < -0.3 is 0 Å². The molecule has 3 aromatic rings. The number of azo groups is 1. The van der Waals surface area contributed by atoms with Crippen molar-refractivity contribution in [2.75, 3.05) is 0 Å². The molecule has 0 atom stereocenters. The zero-order chi connectivity index (χ0) is 15.7. The monoisotopic (exact) mass is 321 g/mol. The van der Waals surface area contributed by atoms with Gasteiger partial charge in [0.25, 0.3) is 0 Å². The van der Waals surface area contributed by atoms with Gasteiger partial charge in [0.15, 0.2) is 0 Å². The van der Waals surface area contributed by atoms with E-state index in [9.17, 15) is 13.2 Å². The summed E-state index contributed by atoms with van der Waals surface area (Å²) >= 11 is 1.28. The van der Waals surface area contributed by atoms with Gasteiger partial charge in [-0.05, 0) is 31.2 Å². The molecule has 0 N–H and O–H groups in total. The lowest BCUT2D eigenvalue weighted by Gasteiger charge is -2.09. The molecule has 0 amide bonds. The Hall–Kier alpha value is -2.28. The van der Waals surface area contributed by atoms with Gasteiger partial charge in [0.1, 0.15) is 0 Å². The molecule has 1 heterocycles. The van der Waals surface area contributed by atoms with E-state index >= 15 is 0 Å². The number of halogens is 3. The summed E-state index contributed by atoms with van der Waals surface area (Å²) in [5, 5.41) is 7.91. The number of para-hydroxylation sites is 1. The van der Waals surface area contributed by atoms with Crippen LogP contribution in [-0.4, -0.2) is 4.98 Å². The highest BCUT2D eigenvalue weighted by atomic mass is 32.1. The Labute approximate surface area is 128 Å². The van der Waals surface area contributed by atoms with Crippen LogP contribution in [0.5, 0.6) is 0 Å². The molecule has 0 aliphatic rings. The first-order chi connectivity index (χ1) is 10.4. The molecule has 0 aliphatic carbocycles. The van der Waals surface area contributed by atoms with Crippen LogP contribution in [0.1, 0.15) is 11.1 Å². The zero-order valence-corrected chi connectivity index (χ0v) is 12.2. The van der Waals surface area contributed by atoms with Crippen LogP contribution in [-0.2, 0) is 6.18 Å². The molecule has 0 bridgehead atoms. The first kappa shape index (κ1) is 14.6. The number of alkyl halides is 3. The van der Waals surface area contributed by atoms with Crippen molar-refractivity contribution >= 4 is 32.4 Å². The van der Waals surface area contributed by atoms with E-state index in [0.717, 1.165) is 16.3 Å². The van der Waals surface area contributed by atoms with E-state index in [0.29, 0.717) is 10.7 Å². The van der Waals surface area contributed by atoms with Crippen LogP contribution < -0.4 is 0 Å². The second-order valence-electron chi connectivity index (χ2n) is 4.68. The van der Waals surface area contributed by atoms with Gasteiger partial charge in [-0.15, -0.1) is 10.2 Å². The number of benzene rings is 2. The van der Waals surface area contributed by atoms with Crippen molar-refractivity contribution in [1.82, 2.24) is 4.98 Å². The fourth-order valence-corrected chi connectivity index (χ4v) is 2.75. The maximum Gasteiger partial charge on any atom is 0.418 e. The second kappa shape index (κ2) is 5.49. The number of aromatic nitrogens is 1. The highest BCUT2D eigenvalue weighted by molar-refractivity contribution is 7.21. The summed E-state index contributed by atoms with van der Waals surface area (Å²) in [4.78, 5) is 4.21. The van der Waals surface area contributed by atoms with Gasteiger partial charge in [-0.3, -0.25) is 0 Å². The lowest BCUT2D eigenvalue weighted by atomic mass is 10.1. The summed E-state index contributed by atoms with van der Waals surface area (Å²) in [5.74, 6) is 0. The molecular formula is C15H10F3N3S. The smallest absolute Gasteiger partial charge is 0.217 e. The van der Waals surface area contributed by atoms with Crippen LogP contribution in [0, 0.1) is 6.92 Å². The van der Waals surface area contributed by atoms with Crippen LogP contribution >= 0.6 is 11.3 Å². The molecule has 0 unspecified atom stereocenters. The SMILES string of the molecule is Cc1ccc(N=Nc2nc3ccccc3s2)c(C(F)(F)F)c1. The van der Waals surface area contributed by atoms with Gasteiger partial charge >= 0.3 is 6.18 Å². The van der Waals surface area contributed by atoms with E-state index in [2.05, 4.69) is 15.2 Å². The lowest BCUT2D eigenvalue weighted by molar-refractivity contribution is -0.137. The van der Waals surface area contributed by atoms with Gasteiger partial charge in [-0.25, -0.2) is 4.98 Å². The average Bonchev–Trinajstić information content (AvgIpc) is 2.87. The second-order valence-corrected chi connectivity index (χ2v) is 5.69. The Bertz CT molecular complexity index is 820. The fourth-order valence-electron chi connectivity index (χ4n) is 1.96. The first-order valence-corrected chi connectivity index (χ1v) is 7.20. The zero-order valence-electron chi connectivity index (χ0n) is 11.4. The Kier molecular flexibility index (Phi) is 3.66. The number of rotatable bonds is 2. The van der Waals surface area contributed by atoms with Crippen LogP contribution in [0.3, 0.4) is 0 Å². The van der Waals surface area contributed by atoms with Gasteiger partial charge in [0.05, 0.1) is 21.5 Å². The van der Waals surface area contributed by atoms with Gasteiger partial charge in [-0.2, -0.15) is 13.2 Å². The van der Waals surface area contributed by atoms with Gasteiger partial charge in [-0.1, -0.05) is 35.1 Å². The van der Waals surface area contributed by atoms with Crippen LogP contribution in [0.4, 0.5) is 24.0 Å². The summed E-state index contributed by atoms with van der Waals surface area (Å²) in [6.07, 6.45) is -4.46. The molecule has 2 aromatic carbocycles. The molecule has 0 aliphatic heterocycles. The maximum absolute atomic E-state index is 13.0. The summed E-state index contributed by atoms with van der Waals surface area (Å²) < 4.78 is 39.9. The third kappa shape index (κ3) is 2.99. The number of hydrogen-bond donors (Lipinski definition) is 0. The summed E-state index contributed by atoms with van der Waals surface area (Å²) in [7, 11) is 0. The average molecular weight is 321 g/mol. The van der Waals surface area contributed by atoms with Gasteiger partial charge in [0.2, 0.25) is 5.13 Å². The van der Waals surface area contributed by atoms with Crippen molar-refractivity contribution in [3.05, 3.63) is 53.6 Å². The molecule has 22 heavy (non-hydrogen) atoms. The molecular weight excluding hydrogens is 311 g/mol. The Balaban J connectivity index is 1.98. The quantitative estimate of drug-likeness (QED) is 0.530. The minimum atomic E-state index is -4.46. The maximum atomic E-state index is 13.0. The largest absolute Gasteiger partial charge is 0.418 e. The van der Waals surface area contributed by atoms with E-state index in [1.807, 2.05) is 24.3 Å². The van der Waals surface area contributed by atoms with E-state index in [4.69, 9.17) is 0 Å². The standard InChI is InChI=1S/C15H10F3N3S/c1-9-6-7-11(10(8-9)15(16,17)18)20-21-14-19-12-4-2-3-5-13(12)22-14/h2-8H,1H3. The Morgan fingerprint density at radius 1 is 1.05 bits per heavy atom. The van der Waals surface area contributed by atoms with Crippen molar-refractivity contribution in [2.45, 2.75) is 13.1 Å². The van der Waals surface area contributed by atoms with Crippen molar-refractivity contribution in [2.24, 2.45) is 10.2 Å². The highest BCUT2D eigenvalue weighted by Crippen LogP contribution is 2.38. The van der Waals surface area contributed by atoms with Crippen molar-refractivity contribution < 1.29 is 13.2 Å².